The fourth-order valence-corrected chi connectivity index (χ4v) is 1.52. The van der Waals surface area contributed by atoms with Crippen LogP contribution in [0.3, 0.4) is 0 Å². The smallest absolute Gasteiger partial charge is 0.0103 e. The van der Waals surface area contributed by atoms with Gasteiger partial charge in [0.15, 0.2) is 0 Å². The molecule has 2 rings (SSSR count). The van der Waals surface area contributed by atoms with Crippen LogP contribution in [0.2, 0.25) is 0 Å². The van der Waals surface area contributed by atoms with E-state index in [2.05, 4.69) is 18.3 Å². The molecule has 81 valence electrons. The van der Waals surface area contributed by atoms with Crippen LogP contribution in [0.4, 0.5) is 0 Å². The zero-order chi connectivity index (χ0) is 9.26. The summed E-state index contributed by atoms with van der Waals surface area (Å²) in [6.07, 6.45) is 1.92. The van der Waals surface area contributed by atoms with Crippen molar-refractivity contribution in [1.82, 2.24) is 5.32 Å². The third kappa shape index (κ3) is 3.37. The van der Waals surface area contributed by atoms with Gasteiger partial charge in [0, 0.05) is 44.5 Å². The van der Waals surface area contributed by atoms with Crippen molar-refractivity contribution < 1.29 is 37.5 Å². The molecular weight excluding hydrogens is 530 g/mol. The minimum absolute atomic E-state index is 0. The van der Waals surface area contributed by atoms with E-state index in [9.17, 15) is 4.79 Å². The molecule has 1 aromatic rings. The van der Waals surface area contributed by atoms with Crippen LogP contribution in [-0.2, 0) is 44.0 Å². The summed E-state index contributed by atoms with van der Waals surface area (Å²) in [5.74, 6) is -0.0745. The van der Waals surface area contributed by atoms with E-state index < -0.39 is 0 Å². The summed E-state index contributed by atoms with van der Waals surface area (Å²) in [6, 6.07) is 7.84. The zero-order valence-electron chi connectivity index (χ0n) is 9.57. The first-order valence-corrected chi connectivity index (χ1v) is 4.29. The van der Waals surface area contributed by atoms with E-state index in [-0.39, 0.29) is 52.0 Å². The van der Waals surface area contributed by atoms with Gasteiger partial charge in [-0.25, -0.2) is 0 Å². The summed E-state index contributed by atoms with van der Waals surface area (Å²) < 4.78 is 0. The molecule has 4 heteroatoms. The van der Waals surface area contributed by atoms with Gasteiger partial charge in [-0.15, -0.1) is 17.7 Å². The Hall–Kier alpha value is -1.31. The van der Waals surface area contributed by atoms with Crippen LogP contribution < -0.4 is 5.32 Å². The summed E-state index contributed by atoms with van der Waals surface area (Å²) in [5.41, 5.74) is 2.38. The molecule has 0 saturated heterocycles. The second-order valence-electron chi connectivity index (χ2n) is 3.19. The Bertz CT molecular complexity index is 344. The second-order valence-corrected chi connectivity index (χ2v) is 3.19. The Balaban J connectivity index is 0. The van der Waals surface area contributed by atoms with E-state index in [1.807, 2.05) is 24.6 Å². The molecule has 0 spiro atoms. The second kappa shape index (κ2) is 7.05. The van der Waals surface area contributed by atoms with Gasteiger partial charge in [-0.1, -0.05) is 6.07 Å². The summed E-state index contributed by atoms with van der Waals surface area (Å²) in [7, 11) is 0. The number of fused-ring (bicyclic) bond motifs is 1. The van der Waals surface area contributed by atoms with Gasteiger partial charge < -0.3 is 24.5 Å². The SMILES string of the molecule is [CH2-]C(=O)C1[CH-]c2ccccc2CN1.[CH3-].[Rf].[Y]. The summed E-state index contributed by atoms with van der Waals surface area (Å²) in [5, 5.41) is 3.11. The number of nitrogens with one attached hydrogen (secondary N) is 1. The molecule has 1 atom stereocenters. The van der Waals surface area contributed by atoms with Crippen molar-refractivity contribution >= 4 is 5.78 Å². The van der Waals surface area contributed by atoms with Crippen molar-refractivity contribution in [1.29, 1.82) is 0 Å². The first kappa shape index (κ1) is 17.1. The number of carbonyl (C=O) groups is 1. The molecule has 0 amide bonds. The summed E-state index contributed by atoms with van der Waals surface area (Å²) >= 11 is 0. The standard InChI is InChI=1S/C11H11NO.CH3.Rf.Y/c1-8(13)11-6-9-4-2-3-5-10(9)7-12-11;;;/h2-6,11-12H,1,7H2;1H3;;/q-2;-1;;. The van der Waals surface area contributed by atoms with Gasteiger partial charge in [0.1, 0.15) is 0 Å². The van der Waals surface area contributed by atoms with Gasteiger partial charge in [-0.05, 0) is 6.54 Å². The first-order chi connectivity index (χ1) is 6.27. The number of carbonyl (C=O) groups excluding carboxylic acids is 1. The third-order valence-corrected chi connectivity index (χ3v) is 2.26. The maximum Gasteiger partial charge on any atom is 0.0103 e. The van der Waals surface area contributed by atoms with Crippen LogP contribution in [0.5, 0.6) is 0 Å². The molecule has 1 aromatic carbocycles. The van der Waals surface area contributed by atoms with Crippen LogP contribution in [0.25, 0.3) is 0 Å². The molecule has 1 heterocycles. The van der Waals surface area contributed by atoms with Crippen LogP contribution in [-0.4, -0.2) is 11.8 Å². The van der Waals surface area contributed by atoms with E-state index >= 15 is 0 Å². The minimum atomic E-state index is -0.213. The monoisotopic (exact) mass is 544 g/mol. The van der Waals surface area contributed by atoms with Crippen LogP contribution in [0.15, 0.2) is 24.3 Å². The van der Waals surface area contributed by atoms with E-state index in [0.717, 1.165) is 12.1 Å². The predicted molar refractivity (Wildman–Crippen MR) is 57.2 cm³/mol. The molecule has 0 fully saturated rings. The van der Waals surface area contributed by atoms with Crippen molar-refractivity contribution in [3.8, 4) is 0 Å². The Morgan fingerprint density at radius 3 is 2.69 bits per heavy atom. The molecule has 2 nitrogen and oxygen atoms in total. The molecule has 0 bridgehead atoms. The number of hydrogen-bond donors (Lipinski definition) is 1. The molecule has 1 unspecified atom stereocenters. The van der Waals surface area contributed by atoms with Crippen molar-refractivity contribution in [2.24, 2.45) is 0 Å². The number of rotatable bonds is 1. The van der Waals surface area contributed by atoms with Gasteiger partial charge >= 0.3 is 0 Å². The normalized spacial score (nSPS) is 16.4. The average Bonchev–Trinajstić information content (AvgIpc) is 2.17. The predicted octanol–water partition coefficient (Wildman–Crippen LogP) is 1.56. The Kier molecular flexibility index (Phi) is 7.53. The maximum absolute atomic E-state index is 11.0. The van der Waals surface area contributed by atoms with Crippen molar-refractivity contribution in [2.75, 3.05) is 0 Å². The quantitative estimate of drug-likeness (QED) is 0.545. The molecule has 16 heavy (non-hydrogen) atoms. The number of Topliss-reactive ketones (excluding diaryl/α,β-unsaturated/α-hetero) is 1. The molecular formula is C12H14NORfY-3. The average molecular weight is 544 g/mol. The number of ketones is 1. The number of benzene rings is 1. The molecule has 1 radical (unpaired) electrons. The van der Waals surface area contributed by atoms with Gasteiger partial charge in [0.05, 0.1) is 0 Å². The third-order valence-electron chi connectivity index (χ3n) is 2.26. The minimum Gasteiger partial charge on any atom is -0.358 e. The first-order valence-electron chi connectivity index (χ1n) is 4.29. The largest absolute Gasteiger partial charge is 0.358 e. The van der Waals surface area contributed by atoms with Crippen LogP contribution >= 0.6 is 0 Å². The van der Waals surface area contributed by atoms with Gasteiger partial charge in [-0.2, -0.15) is 18.1 Å². The van der Waals surface area contributed by atoms with E-state index in [0.29, 0.717) is 0 Å². The van der Waals surface area contributed by atoms with Crippen molar-refractivity contribution in [2.45, 2.75) is 12.6 Å². The van der Waals surface area contributed by atoms with Gasteiger partial charge in [0.2, 0.25) is 0 Å². The zero-order valence-corrected chi connectivity index (χ0v) is 18.8. The molecule has 0 saturated carbocycles. The van der Waals surface area contributed by atoms with Gasteiger partial charge in [0.25, 0.3) is 0 Å². The van der Waals surface area contributed by atoms with E-state index in [1.165, 1.54) is 5.56 Å². The Morgan fingerprint density at radius 1 is 1.44 bits per heavy atom. The molecule has 0 aromatic heterocycles. The summed E-state index contributed by atoms with van der Waals surface area (Å²) in [6.45, 7) is 4.15. The molecule has 1 aliphatic rings. The van der Waals surface area contributed by atoms with E-state index in [1.54, 1.807) is 0 Å². The fourth-order valence-electron chi connectivity index (χ4n) is 1.52. The fraction of sp³-hybridized carbons (Fsp3) is 0.167. The van der Waals surface area contributed by atoms with Crippen LogP contribution in [0, 0.1) is 20.8 Å². The van der Waals surface area contributed by atoms with Crippen molar-refractivity contribution in [3.05, 3.63) is 56.2 Å². The maximum atomic E-state index is 11.0. The molecule has 1 N–H and O–H groups in total. The van der Waals surface area contributed by atoms with Crippen LogP contribution in [0.1, 0.15) is 11.1 Å². The number of hydrogen-bond acceptors (Lipinski definition) is 2. The van der Waals surface area contributed by atoms with Gasteiger partial charge in [-0.3, -0.25) is 0 Å². The Morgan fingerprint density at radius 2 is 2.06 bits per heavy atom. The topological polar surface area (TPSA) is 29.1 Å². The summed E-state index contributed by atoms with van der Waals surface area (Å²) in [4.78, 5) is 11.0. The van der Waals surface area contributed by atoms with Crippen molar-refractivity contribution in [3.63, 3.8) is 0 Å². The molecule has 1 aliphatic heterocycles. The Labute approximate surface area is 117 Å². The van der Waals surface area contributed by atoms with E-state index in [4.69, 9.17) is 0 Å². The molecule has 0 aliphatic carbocycles.